The highest BCUT2D eigenvalue weighted by Gasteiger charge is 2.32. The van der Waals surface area contributed by atoms with Crippen LogP contribution in [-0.4, -0.2) is 71.7 Å². The van der Waals surface area contributed by atoms with E-state index in [9.17, 15) is 19.2 Å². The van der Waals surface area contributed by atoms with Crippen LogP contribution in [0.1, 0.15) is 50.2 Å². The normalized spacial score (nSPS) is 15.3. The molecule has 11 heteroatoms. The van der Waals surface area contributed by atoms with Crippen LogP contribution < -0.4 is 20.5 Å². The third-order valence-corrected chi connectivity index (χ3v) is 9.40. The molecule has 0 aromatic heterocycles. The van der Waals surface area contributed by atoms with Crippen LogP contribution in [0.25, 0.3) is 11.1 Å². The second kappa shape index (κ2) is 17.7. The Bertz CT molecular complexity index is 1460. The molecule has 1 unspecified atom stereocenters. The van der Waals surface area contributed by atoms with Crippen LogP contribution in [0.3, 0.4) is 0 Å². The molecule has 46 heavy (non-hydrogen) atoms. The number of carbonyl (C=O) groups excluding carboxylic acids is 2. The predicted octanol–water partition coefficient (Wildman–Crippen LogP) is 3.79. The number of carbonyl (C=O) groups is 2. The van der Waals surface area contributed by atoms with Gasteiger partial charge in [0.05, 0.1) is 18.0 Å². The minimum atomic E-state index is -1.68. The third-order valence-electron chi connectivity index (χ3n) is 8.22. The summed E-state index contributed by atoms with van der Waals surface area (Å²) >= 11 is -1.68. The van der Waals surface area contributed by atoms with Gasteiger partial charge in [-0.15, -0.1) is 4.72 Å². The van der Waals surface area contributed by atoms with Gasteiger partial charge in [0.15, 0.2) is 4.90 Å². The number of hydrogen-bond donors (Lipinski definition) is 4. The predicted molar refractivity (Wildman–Crippen MR) is 182 cm³/mol. The lowest BCUT2D eigenvalue weighted by Crippen LogP contribution is -2.51. The number of benzene rings is 3. The van der Waals surface area contributed by atoms with E-state index in [1.807, 2.05) is 72.5 Å². The summed E-state index contributed by atoms with van der Waals surface area (Å²) in [6.07, 6.45) is 4.31. The van der Waals surface area contributed by atoms with Gasteiger partial charge in [0.25, 0.3) is 0 Å². The molecule has 1 saturated heterocycles. The van der Waals surface area contributed by atoms with Gasteiger partial charge in [-0.2, -0.15) is 0 Å². The van der Waals surface area contributed by atoms with E-state index >= 15 is 0 Å². The average Bonchev–Trinajstić information content (AvgIpc) is 3.08. The number of aliphatic imine (C=N–C) groups is 1. The smallest absolute Gasteiger partial charge is 0.244 e. The number of rotatable bonds is 15. The number of piperidine rings is 1. The topological polar surface area (TPSA) is 152 Å². The van der Waals surface area contributed by atoms with E-state index in [-0.39, 0.29) is 24.1 Å². The number of nitrogens with two attached hydrogens (primary N) is 1. The Kier molecular flexibility index (Phi) is 13.5. The molecule has 0 spiro atoms. The van der Waals surface area contributed by atoms with Crippen LogP contribution in [0, 0.1) is 5.92 Å². The first-order valence-electron chi connectivity index (χ1n) is 15.8. The van der Waals surface area contributed by atoms with Crippen molar-refractivity contribution in [3.05, 3.63) is 83.9 Å². The molecule has 1 fully saturated rings. The minimum Gasteiger partial charge on any atom is -0.593 e. The monoisotopic (exact) mass is 647 g/mol. The molecule has 4 rings (SSSR count). The molecule has 0 aliphatic carbocycles. The SMILES string of the molecule is CCOc1ccc(-c2cccc([S+]([O-])N[C@@H](Cc3cccc(C(N)=NCO)c3)C(=O)N3CCC(CCCC(=O)NC)CC3)c2)cc1. The molecule has 5 N–H and O–H groups in total. The zero-order valence-corrected chi connectivity index (χ0v) is 27.4. The van der Waals surface area contributed by atoms with E-state index in [2.05, 4.69) is 15.0 Å². The number of amides is 2. The lowest BCUT2D eigenvalue weighted by atomic mass is 9.91. The number of hydrogen-bond acceptors (Lipinski definition) is 7. The highest BCUT2D eigenvalue weighted by atomic mass is 32.2. The lowest BCUT2D eigenvalue weighted by Gasteiger charge is -2.34. The van der Waals surface area contributed by atoms with E-state index in [4.69, 9.17) is 10.5 Å². The fourth-order valence-electron chi connectivity index (χ4n) is 5.68. The molecular formula is C35H45N5O5S. The average molecular weight is 648 g/mol. The second-order valence-electron chi connectivity index (χ2n) is 11.3. The van der Waals surface area contributed by atoms with Gasteiger partial charge in [0.1, 0.15) is 24.4 Å². The summed E-state index contributed by atoms with van der Waals surface area (Å²) in [7, 11) is 1.65. The van der Waals surface area contributed by atoms with Gasteiger partial charge in [0, 0.05) is 44.6 Å². The molecule has 0 saturated carbocycles. The number of nitrogens with zero attached hydrogens (tertiary/aromatic N) is 2. The number of aliphatic hydroxyl groups excluding tert-OH is 1. The van der Waals surface area contributed by atoms with E-state index in [0.717, 1.165) is 48.1 Å². The van der Waals surface area contributed by atoms with Gasteiger partial charge in [0.2, 0.25) is 11.8 Å². The van der Waals surface area contributed by atoms with Gasteiger partial charge in [-0.3, -0.25) is 9.59 Å². The summed E-state index contributed by atoms with van der Waals surface area (Å²) in [6, 6.07) is 21.8. The first-order valence-corrected chi connectivity index (χ1v) is 17.0. The molecule has 0 radical (unpaired) electrons. The van der Waals surface area contributed by atoms with Crippen LogP contribution in [0.5, 0.6) is 5.75 Å². The maximum absolute atomic E-state index is 14.0. The quantitative estimate of drug-likeness (QED) is 0.111. The Hall–Kier alpha value is -3.90. The Labute approximate surface area is 274 Å². The molecule has 0 bridgehead atoms. The van der Waals surface area contributed by atoms with Crippen LogP contribution in [0.2, 0.25) is 0 Å². The van der Waals surface area contributed by atoms with E-state index < -0.39 is 24.1 Å². The maximum Gasteiger partial charge on any atom is 0.244 e. The van der Waals surface area contributed by atoms with Crippen molar-refractivity contribution in [2.24, 2.45) is 16.6 Å². The molecule has 1 aliphatic heterocycles. The number of ether oxygens (including phenoxy) is 1. The van der Waals surface area contributed by atoms with Crippen molar-refractivity contribution >= 4 is 29.0 Å². The summed E-state index contributed by atoms with van der Waals surface area (Å²) in [5.41, 5.74) is 9.35. The summed E-state index contributed by atoms with van der Waals surface area (Å²) in [4.78, 5) is 31.9. The molecule has 3 aromatic carbocycles. The van der Waals surface area contributed by atoms with Crippen LogP contribution in [0.15, 0.2) is 82.7 Å². The van der Waals surface area contributed by atoms with Crippen LogP contribution >= 0.6 is 0 Å². The molecular weight excluding hydrogens is 602 g/mol. The van der Waals surface area contributed by atoms with Crippen LogP contribution in [0.4, 0.5) is 0 Å². The van der Waals surface area contributed by atoms with E-state index in [0.29, 0.717) is 42.5 Å². The number of likely N-dealkylation sites (tertiary alicyclic amines) is 1. The van der Waals surface area contributed by atoms with Gasteiger partial charge >= 0.3 is 0 Å². The first-order chi connectivity index (χ1) is 22.3. The molecule has 2 amide bonds. The zero-order valence-electron chi connectivity index (χ0n) is 26.6. The highest BCUT2D eigenvalue weighted by molar-refractivity contribution is 7.89. The first kappa shape index (κ1) is 35.0. The Morgan fingerprint density at radius 1 is 1.09 bits per heavy atom. The van der Waals surface area contributed by atoms with Gasteiger partial charge in [-0.1, -0.05) is 42.5 Å². The summed E-state index contributed by atoms with van der Waals surface area (Å²) in [5.74, 6) is 1.39. The van der Waals surface area contributed by atoms with Crippen molar-refractivity contribution < 1.29 is 24.0 Å². The van der Waals surface area contributed by atoms with Gasteiger partial charge < -0.3 is 30.3 Å². The molecule has 10 nitrogen and oxygen atoms in total. The van der Waals surface area contributed by atoms with E-state index in [1.54, 1.807) is 19.2 Å². The fraction of sp³-hybridized carbons (Fsp3) is 0.400. The molecule has 2 atom stereocenters. The Morgan fingerprint density at radius 2 is 1.83 bits per heavy atom. The number of aliphatic hydroxyl groups is 1. The summed E-state index contributed by atoms with van der Waals surface area (Å²) in [6.45, 7) is 3.32. The Balaban J connectivity index is 1.50. The zero-order chi connectivity index (χ0) is 32.9. The van der Waals surface area contributed by atoms with Crippen LogP contribution in [-0.2, 0) is 27.4 Å². The lowest BCUT2D eigenvalue weighted by molar-refractivity contribution is -0.134. The van der Waals surface area contributed by atoms with Crippen molar-refractivity contribution in [3.8, 4) is 16.9 Å². The number of amidine groups is 1. The minimum absolute atomic E-state index is 0.0491. The highest BCUT2D eigenvalue weighted by Crippen LogP contribution is 2.26. The molecule has 246 valence electrons. The van der Waals surface area contributed by atoms with Crippen molar-refractivity contribution in [1.82, 2.24) is 14.9 Å². The third kappa shape index (κ3) is 10.1. The molecule has 1 heterocycles. The fourth-order valence-corrected chi connectivity index (χ4v) is 6.69. The standard InChI is InChI=1S/C35H45N5O5S/c1-3-45-30-15-13-27(14-16-30)28-9-6-11-31(23-28)46(44)39-32(22-26-8-4-10-29(21-26)34(36)38-24-41)35(43)40-19-17-25(18-20-40)7-5-12-33(42)37-2/h4,6,8-11,13-16,21,23,25,32,39,41H,3,5,7,12,17-20,22,24H2,1-2H3,(H2,36,38)(H,37,42)/t32-,46?/m0/s1. The van der Waals surface area contributed by atoms with Crippen molar-refractivity contribution in [3.63, 3.8) is 0 Å². The maximum atomic E-state index is 14.0. The second-order valence-corrected chi connectivity index (χ2v) is 12.6. The molecule has 3 aromatic rings. The largest absolute Gasteiger partial charge is 0.593 e. The van der Waals surface area contributed by atoms with Gasteiger partial charge in [-0.25, -0.2) is 4.99 Å². The Morgan fingerprint density at radius 3 is 2.52 bits per heavy atom. The van der Waals surface area contributed by atoms with Crippen molar-refractivity contribution in [2.75, 3.05) is 33.5 Å². The molecule has 1 aliphatic rings. The van der Waals surface area contributed by atoms with Gasteiger partial charge in [-0.05, 0) is 79.5 Å². The number of nitrogens with one attached hydrogen (secondary N) is 2. The van der Waals surface area contributed by atoms with Crippen molar-refractivity contribution in [2.45, 2.75) is 56.4 Å². The van der Waals surface area contributed by atoms with Crippen molar-refractivity contribution in [1.29, 1.82) is 0 Å². The van der Waals surface area contributed by atoms with E-state index in [1.165, 1.54) is 0 Å². The summed E-state index contributed by atoms with van der Waals surface area (Å²) in [5, 5.41) is 11.8. The summed E-state index contributed by atoms with van der Waals surface area (Å²) < 4.78 is 22.5.